The summed E-state index contributed by atoms with van der Waals surface area (Å²) in [6, 6.07) is 11.5. The average Bonchev–Trinajstić information content (AvgIpc) is 1.53. The molecular weight excluding hydrogens is 1310 g/mol. The number of anilines is 5. The van der Waals surface area contributed by atoms with Crippen molar-refractivity contribution in [2.24, 2.45) is 41.4 Å². The molecule has 3 saturated heterocycles. The monoisotopic (exact) mass is 1400 g/mol. The van der Waals surface area contributed by atoms with Crippen molar-refractivity contribution in [1.82, 2.24) is 75.2 Å². The summed E-state index contributed by atoms with van der Waals surface area (Å²) in [6.45, 7) is 24.8. The quantitative estimate of drug-likeness (QED) is 0.0464. The zero-order chi connectivity index (χ0) is 70.5. The molecule has 6 N–H and O–H groups in total. The molecule has 9 aliphatic rings. The minimum atomic E-state index is -2.58. The second-order valence-electron chi connectivity index (χ2n) is 30.4. The van der Waals surface area contributed by atoms with Gasteiger partial charge in [0.1, 0.15) is 45.4 Å². The molecule has 99 heavy (non-hydrogen) atoms. The summed E-state index contributed by atoms with van der Waals surface area (Å²) in [5.41, 5.74) is 1.66. The summed E-state index contributed by atoms with van der Waals surface area (Å²) >= 11 is 6.02. The highest BCUT2D eigenvalue weighted by molar-refractivity contribution is 6.29. The van der Waals surface area contributed by atoms with Crippen LogP contribution in [-0.4, -0.2) is 170 Å². The minimum absolute atomic E-state index is 0.0154. The topological polar surface area (TPSA) is 262 Å². The van der Waals surface area contributed by atoms with Gasteiger partial charge in [0.15, 0.2) is 0 Å². The van der Waals surface area contributed by atoms with Crippen LogP contribution < -0.4 is 41.7 Å². The van der Waals surface area contributed by atoms with Gasteiger partial charge < -0.3 is 51.2 Å². The maximum Gasteiger partial charge on any atom is 0.407 e. The van der Waals surface area contributed by atoms with Gasteiger partial charge in [0, 0.05) is 157 Å². The molecule has 31 heteroatoms. The molecule has 24 nitrogen and oxygen atoms in total. The summed E-state index contributed by atoms with van der Waals surface area (Å²) in [5, 5.41) is 32.5. The number of nitrogens with one attached hydrogen (secondary N) is 6. The van der Waals surface area contributed by atoms with E-state index in [9.17, 15) is 35.9 Å². The number of amides is 2. The van der Waals surface area contributed by atoms with Crippen molar-refractivity contribution in [2.45, 2.75) is 205 Å². The summed E-state index contributed by atoms with van der Waals surface area (Å²) in [4.78, 5) is 55.3. The number of hydrogen-bond donors (Lipinski definition) is 6. The molecule has 0 aromatic carbocycles. The lowest BCUT2D eigenvalue weighted by Crippen LogP contribution is -2.38. The molecule has 2 amide bonds. The summed E-state index contributed by atoms with van der Waals surface area (Å²) < 4.78 is 95.9. The Morgan fingerprint density at radius 2 is 0.818 bits per heavy atom. The van der Waals surface area contributed by atoms with Gasteiger partial charge in [-0.05, 0) is 149 Å². The highest BCUT2D eigenvalue weighted by Gasteiger charge is 2.58. The van der Waals surface area contributed by atoms with Crippen molar-refractivity contribution in [3.05, 3.63) is 77.2 Å². The van der Waals surface area contributed by atoms with Crippen molar-refractivity contribution in [3.63, 3.8) is 0 Å². The van der Waals surface area contributed by atoms with E-state index < -0.39 is 29.0 Å². The molecule has 6 aromatic rings. The van der Waals surface area contributed by atoms with Gasteiger partial charge in [0.05, 0.1) is 17.1 Å². The molecular formula is C68H93ClF6N20O4. The van der Waals surface area contributed by atoms with Crippen LogP contribution >= 0.6 is 11.6 Å². The van der Waals surface area contributed by atoms with Gasteiger partial charge in [-0.1, -0.05) is 18.5 Å². The van der Waals surface area contributed by atoms with Crippen LogP contribution in [0.25, 0.3) is 17.8 Å². The third-order valence-corrected chi connectivity index (χ3v) is 20.2. The number of ether oxygens (including phenoxy) is 2. The zero-order valence-corrected chi connectivity index (χ0v) is 58.6. The number of nitrogens with zero attached hydrogens (tertiary/aromatic N) is 14. The van der Waals surface area contributed by atoms with E-state index in [1.807, 2.05) is 105 Å². The minimum Gasteiger partial charge on any atom is -0.444 e. The molecule has 6 aliphatic carbocycles. The van der Waals surface area contributed by atoms with Crippen LogP contribution in [-0.2, 0) is 9.47 Å². The third kappa shape index (κ3) is 18.8. The lowest BCUT2D eigenvalue weighted by atomic mass is 9.92. The van der Waals surface area contributed by atoms with E-state index >= 15 is 0 Å². The summed E-state index contributed by atoms with van der Waals surface area (Å²) in [6.07, 6.45) is 6.68. The Kier molecular flexibility index (Phi) is 20.3. The standard InChI is InChI=1S/C24H33F2N7O2.C20H26F2N6.C14H16ClF2N5.C10H18N2O2/c1-14-7-10-33(31-14)21-28-18(27-15-5-8-24(25,26)9-6-15)11-19(29-21)32-12-16-17(13-32)20(16)30-22(34)35-23(2,3)4;1-12-5-8-28(26-12)19-24-17(23-14-3-6-20(21,22)7-4-14)9-18(25-19)27-10-15-13(2)16(15)11-27;1-9-4-7-22(21-9)13-19-11(15)8-12(20-13)18-10-2-5-14(16,17)6-3-10;1-10(2,3)14-9(13)12-8-6-4-11-5-7(6)8/h7,10-11,15-17,20H,5-6,8-9,12-13H2,1-4H3,(H,30,34)(H,27,28,29);5,8-9,13-16H,3-4,6-7,10-11H2,1-2H3,(H,23,24,25);4,7-8,10H,2-3,5-6H2,1H3,(H,18,19,20);6-8,11H,4-5H2,1-3H3,(H,12,13). The Labute approximate surface area is 578 Å². The lowest BCUT2D eigenvalue weighted by Gasteiger charge is -2.29. The number of carbonyl (C=O) groups is 2. The number of carbonyl (C=O) groups excluding carboxylic acids is 2. The molecule has 538 valence electrons. The second kappa shape index (κ2) is 28.3. The van der Waals surface area contributed by atoms with E-state index in [1.54, 1.807) is 21.6 Å². The molecule has 3 aliphatic heterocycles. The molecule has 6 saturated carbocycles. The first-order valence-corrected chi connectivity index (χ1v) is 35.1. The fourth-order valence-corrected chi connectivity index (χ4v) is 14.5. The number of fused-ring (bicyclic) bond motifs is 3. The van der Waals surface area contributed by atoms with E-state index in [0.717, 1.165) is 85.7 Å². The number of aryl methyl sites for hydroxylation is 3. The Hall–Kier alpha value is -7.76. The normalized spacial score (nSPS) is 26.3. The predicted molar refractivity (Wildman–Crippen MR) is 363 cm³/mol. The number of alkyl halides is 6. The van der Waals surface area contributed by atoms with Gasteiger partial charge in [-0.2, -0.15) is 45.2 Å². The molecule has 6 aromatic heterocycles. The Balaban J connectivity index is 0.000000131. The summed E-state index contributed by atoms with van der Waals surface area (Å²) in [7, 11) is 0. The van der Waals surface area contributed by atoms with Crippen LogP contribution in [0.15, 0.2) is 55.0 Å². The Morgan fingerprint density at radius 1 is 0.495 bits per heavy atom. The largest absolute Gasteiger partial charge is 0.444 e. The van der Waals surface area contributed by atoms with Crippen LogP contribution in [0, 0.1) is 62.2 Å². The van der Waals surface area contributed by atoms with Crippen molar-refractivity contribution < 1.29 is 45.4 Å². The fourth-order valence-electron chi connectivity index (χ4n) is 14.3. The first-order chi connectivity index (χ1) is 46.7. The molecule has 9 fully saturated rings. The maximum absolute atomic E-state index is 13.6. The Bertz CT molecular complexity index is 3760. The van der Waals surface area contributed by atoms with E-state index in [2.05, 4.69) is 83.9 Å². The number of halogens is 7. The molecule has 0 radical (unpaired) electrons. The van der Waals surface area contributed by atoms with E-state index in [0.29, 0.717) is 104 Å². The highest BCUT2D eigenvalue weighted by Crippen LogP contribution is 2.52. The molecule has 6 unspecified atom stereocenters. The van der Waals surface area contributed by atoms with Crippen LogP contribution in [0.1, 0.15) is 143 Å². The smallest absolute Gasteiger partial charge is 0.407 e. The van der Waals surface area contributed by atoms with Crippen LogP contribution in [0.4, 0.5) is 65.0 Å². The molecule has 15 rings (SSSR count). The first kappa shape index (κ1) is 71.1. The third-order valence-electron chi connectivity index (χ3n) is 20.0. The van der Waals surface area contributed by atoms with Gasteiger partial charge in [-0.15, -0.1) is 0 Å². The fraction of sp³-hybridized carbons (Fsp3) is 0.662. The van der Waals surface area contributed by atoms with E-state index in [1.165, 1.54) is 4.68 Å². The van der Waals surface area contributed by atoms with Crippen LogP contribution in [0.3, 0.4) is 0 Å². The lowest BCUT2D eigenvalue weighted by molar-refractivity contribution is -0.0366. The average molecular weight is 1400 g/mol. The number of alkyl carbamates (subject to hydrolysis) is 2. The van der Waals surface area contributed by atoms with Gasteiger partial charge in [0.25, 0.3) is 17.8 Å². The van der Waals surface area contributed by atoms with Crippen LogP contribution in [0.5, 0.6) is 0 Å². The van der Waals surface area contributed by atoms with Gasteiger partial charge in [-0.25, -0.2) is 50.0 Å². The molecule has 0 bridgehead atoms. The number of aromatic nitrogens is 12. The van der Waals surface area contributed by atoms with Crippen LogP contribution in [0.2, 0.25) is 5.15 Å². The van der Waals surface area contributed by atoms with Crippen molar-refractivity contribution in [1.29, 1.82) is 0 Å². The van der Waals surface area contributed by atoms with Crippen molar-refractivity contribution in [2.75, 3.05) is 65.0 Å². The molecule has 6 atom stereocenters. The SMILES string of the molecule is CC(C)(C)OC(=O)NC1C2CNCC21.Cc1ccn(-c2nc(Cl)cc(NC3CCC(F)(F)CC3)n2)n1.Cc1ccn(-c2nc(NC3CCC(F)(F)CC3)cc(N3CC4C(C)C4C3)n2)n1.Cc1ccn(-c2nc(NC3CCC(F)(F)CC3)cc(N3CC4C(C3)C4NC(=O)OC(C)(C)C)n2)n1. The zero-order valence-electron chi connectivity index (χ0n) is 57.9. The predicted octanol–water partition coefficient (Wildman–Crippen LogP) is 11.9. The first-order valence-electron chi connectivity index (χ1n) is 34.8. The van der Waals surface area contributed by atoms with E-state index in [-0.39, 0.29) is 80.0 Å². The molecule has 9 heterocycles. The van der Waals surface area contributed by atoms with Gasteiger partial charge in [0.2, 0.25) is 17.8 Å². The second-order valence-corrected chi connectivity index (χ2v) is 30.8. The van der Waals surface area contributed by atoms with E-state index in [4.69, 9.17) is 31.0 Å². The number of rotatable bonds is 13. The van der Waals surface area contributed by atoms with Gasteiger partial charge in [-0.3, -0.25) is 0 Å². The number of piperidine rings is 3. The number of hydrogen-bond acceptors (Lipinski definition) is 19. The molecule has 0 spiro atoms. The van der Waals surface area contributed by atoms with Crippen molar-refractivity contribution >= 4 is 52.9 Å². The Morgan fingerprint density at radius 3 is 1.15 bits per heavy atom. The summed E-state index contributed by atoms with van der Waals surface area (Å²) in [5.74, 6) is 1.43. The highest BCUT2D eigenvalue weighted by atomic mass is 35.5. The maximum atomic E-state index is 13.6. The van der Waals surface area contributed by atoms with Crippen molar-refractivity contribution in [3.8, 4) is 17.8 Å². The van der Waals surface area contributed by atoms with Gasteiger partial charge >= 0.3 is 12.2 Å².